The second-order valence-electron chi connectivity index (χ2n) is 11.7. The number of amidine groups is 2. The molecule has 0 amide bonds. The molecule has 0 aromatic heterocycles. The van der Waals surface area contributed by atoms with Gasteiger partial charge < -0.3 is 5.32 Å². The Balaban J connectivity index is 1.46. The van der Waals surface area contributed by atoms with Gasteiger partial charge in [-0.2, -0.15) is 5.26 Å². The Labute approximate surface area is 268 Å². The molecule has 1 heterocycles. The van der Waals surface area contributed by atoms with Crippen LogP contribution in [0.4, 0.5) is 0 Å². The molecule has 0 fully saturated rings. The average molecular weight is 591 g/mol. The highest BCUT2D eigenvalue weighted by Gasteiger charge is 2.34. The van der Waals surface area contributed by atoms with Crippen molar-refractivity contribution < 1.29 is 0 Å². The molecule has 0 saturated carbocycles. The Morgan fingerprint density at radius 2 is 1.82 bits per heavy atom. The molecule has 45 heavy (non-hydrogen) atoms. The third-order valence-corrected chi connectivity index (χ3v) is 8.43. The molecule has 2 aliphatic rings. The number of nitrogens with one attached hydrogen (secondary N) is 1. The molecular weight excluding hydrogens is 548 g/mol. The fraction of sp³-hybridized carbons (Fsp3) is 0.244. The first kappa shape index (κ1) is 31.4. The van der Waals surface area contributed by atoms with Crippen molar-refractivity contribution in [3.8, 4) is 17.2 Å². The summed E-state index contributed by atoms with van der Waals surface area (Å²) in [5.41, 5.74) is 6.34. The number of nitrogens with zero attached hydrogens (tertiary/aromatic N) is 3. The van der Waals surface area contributed by atoms with E-state index in [1.165, 1.54) is 27.5 Å². The van der Waals surface area contributed by atoms with E-state index < -0.39 is 0 Å². The molecule has 4 nitrogen and oxygen atoms in total. The van der Waals surface area contributed by atoms with Crippen LogP contribution < -0.4 is 5.32 Å². The van der Waals surface area contributed by atoms with E-state index in [2.05, 4.69) is 123 Å². The minimum absolute atomic E-state index is 0.167. The van der Waals surface area contributed by atoms with Crippen LogP contribution in [-0.2, 0) is 0 Å². The lowest BCUT2D eigenvalue weighted by atomic mass is 9.80. The van der Waals surface area contributed by atoms with Crippen LogP contribution in [0.15, 0.2) is 137 Å². The molecule has 1 aliphatic heterocycles. The van der Waals surface area contributed by atoms with Gasteiger partial charge in [0.15, 0.2) is 6.17 Å². The second kappa shape index (κ2) is 14.6. The molecule has 1 unspecified atom stereocenters. The summed E-state index contributed by atoms with van der Waals surface area (Å²) in [7, 11) is 0. The van der Waals surface area contributed by atoms with Crippen LogP contribution in [0.2, 0.25) is 0 Å². The molecule has 1 aliphatic carbocycles. The number of hydrogen-bond acceptors (Lipinski definition) is 4. The lowest BCUT2D eigenvalue weighted by molar-refractivity contribution is 0.343. The zero-order valence-corrected chi connectivity index (χ0v) is 26.8. The molecule has 4 heteroatoms. The summed E-state index contributed by atoms with van der Waals surface area (Å²) in [6.07, 6.45) is 24.9. The minimum Gasteiger partial charge on any atom is -0.328 e. The van der Waals surface area contributed by atoms with Crippen molar-refractivity contribution in [3.63, 3.8) is 0 Å². The normalized spacial score (nSPS) is 20.4. The number of fused-ring (bicyclic) bond motifs is 1. The zero-order valence-electron chi connectivity index (χ0n) is 26.8. The first-order chi connectivity index (χ1) is 22.0. The largest absolute Gasteiger partial charge is 0.328 e. The number of aliphatic imine (C=N–C) groups is 2. The molecule has 5 rings (SSSR count). The van der Waals surface area contributed by atoms with E-state index in [1.54, 1.807) is 0 Å². The van der Waals surface area contributed by atoms with E-state index in [0.717, 1.165) is 42.1 Å². The van der Waals surface area contributed by atoms with Crippen LogP contribution in [0.3, 0.4) is 0 Å². The van der Waals surface area contributed by atoms with Gasteiger partial charge in [-0.1, -0.05) is 130 Å². The van der Waals surface area contributed by atoms with E-state index in [-0.39, 0.29) is 11.6 Å². The third kappa shape index (κ3) is 7.21. The van der Waals surface area contributed by atoms with Crippen molar-refractivity contribution in [2.24, 2.45) is 15.4 Å². The van der Waals surface area contributed by atoms with Crippen LogP contribution in [0, 0.1) is 16.7 Å². The highest BCUT2D eigenvalue weighted by Crippen LogP contribution is 2.36. The lowest BCUT2D eigenvalue weighted by Gasteiger charge is -2.34. The summed E-state index contributed by atoms with van der Waals surface area (Å²) >= 11 is 0. The van der Waals surface area contributed by atoms with Gasteiger partial charge in [0.05, 0.1) is 11.6 Å². The number of rotatable bonds is 10. The summed E-state index contributed by atoms with van der Waals surface area (Å²) in [4.78, 5) is 10.3. The molecule has 0 spiro atoms. The summed E-state index contributed by atoms with van der Waals surface area (Å²) in [6.45, 7) is 8.63. The van der Waals surface area contributed by atoms with Gasteiger partial charge in [-0.15, -0.1) is 0 Å². The number of hydrogen-bond donors (Lipinski definition) is 1. The van der Waals surface area contributed by atoms with E-state index >= 15 is 0 Å². The van der Waals surface area contributed by atoms with Crippen LogP contribution in [-0.4, -0.2) is 17.8 Å². The predicted octanol–water partition coefficient (Wildman–Crippen LogP) is 10.3. The molecule has 2 atom stereocenters. The van der Waals surface area contributed by atoms with Gasteiger partial charge >= 0.3 is 0 Å². The van der Waals surface area contributed by atoms with Gasteiger partial charge in [0, 0.05) is 11.8 Å². The molecular formula is C41H42N4. The predicted molar refractivity (Wildman–Crippen MR) is 192 cm³/mol. The standard InChI is InChI=1S/C41H42N4/c1-5-8-16-31(7-3)39-43-38(44-40(45-39)41(4)27-12-9-13-28-41)20-14-17-32(15-6-2)34-25-26-35(37-19-11-10-18-36(34)37)33-23-21-30(29-42)22-24-33/h5,8-19,21-27,40H,6-7,20,28H2,1-4H3,(H,43,44,45)/b8-5-,17-14-,31-16+,32-15+/t40?,41-/m1/s1. The number of benzene rings is 3. The van der Waals surface area contributed by atoms with Gasteiger partial charge in [0.2, 0.25) is 0 Å². The van der Waals surface area contributed by atoms with Crippen molar-refractivity contribution in [1.82, 2.24) is 5.32 Å². The minimum atomic E-state index is -0.191. The number of allylic oxidation sites excluding steroid dienone is 9. The summed E-state index contributed by atoms with van der Waals surface area (Å²) in [6, 6.07) is 23.0. The van der Waals surface area contributed by atoms with Gasteiger partial charge in [-0.05, 0) is 76.9 Å². The molecule has 0 saturated heterocycles. The van der Waals surface area contributed by atoms with Crippen molar-refractivity contribution >= 4 is 28.0 Å². The fourth-order valence-electron chi connectivity index (χ4n) is 5.89. The van der Waals surface area contributed by atoms with Crippen molar-refractivity contribution in [2.75, 3.05) is 0 Å². The van der Waals surface area contributed by atoms with Gasteiger partial charge in [0.25, 0.3) is 0 Å². The Bertz CT molecular complexity index is 1820. The van der Waals surface area contributed by atoms with Gasteiger partial charge in [0.1, 0.15) is 11.7 Å². The Kier molecular flexibility index (Phi) is 10.2. The van der Waals surface area contributed by atoms with Crippen molar-refractivity contribution in [1.29, 1.82) is 5.26 Å². The monoisotopic (exact) mass is 590 g/mol. The van der Waals surface area contributed by atoms with Crippen molar-refractivity contribution in [2.45, 2.75) is 59.5 Å². The van der Waals surface area contributed by atoms with Gasteiger partial charge in [-0.3, -0.25) is 0 Å². The average Bonchev–Trinajstić information content (AvgIpc) is 3.08. The van der Waals surface area contributed by atoms with Crippen LogP contribution >= 0.6 is 0 Å². The third-order valence-electron chi connectivity index (χ3n) is 8.43. The van der Waals surface area contributed by atoms with Crippen LogP contribution in [0.25, 0.3) is 27.5 Å². The maximum Gasteiger partial charge on any atom is 0.152 e. The van der Waals surface area contributed by atoms with E-state index in [4.69, 9.17) is 9.98 Å². The summed E-state index contributed by atoms with van der Waals surface area (Å²) < 4.78 is 0. The Morgan fingerprint density at radius 3 is 2.51 bits per heavy atom. The topological polar surface area (TPSA) is 60.5 Å². The SMILES string of the molecule is C/C=C\C=C(/CC)C1=NC([C@]2(C)C=CC=CC2)N=C(C/C=C\C(=C/CC)c2ccc(-c3ccc(C#N)cc3)c3ccccc23)N1. The Morgan fingerprint density at radius 1 is 1.02 bits per heavy atom. The summed E-state index contributed by atoms with van der Waals surface area (Å²) in [5.74, 6) is 1.85. The smallest absolute Gasteiger partial charge is 0.152 e. The van der Waals surface area contributed by atoms with Gasteiger partial charge in [-0.25, -0.2) is 9.98 Å². The van der Waals surface area contributed by atoms with Crippen LogP contribution in [0.5, 0.6) is 0 Å². The Hall–Kier alpha value is -5.01. The quantitative estimate of drug-likeness (QED) is 0.239. The molecule has 0 radical (unpaired) electrons. The number of nitriles is 1. The molecule has 3 aromatic rings. The highest BCUT2D eigenvalue weighted by atomic mass is 15.2. The van der Waals surface area contributed by atoms with Crippen LogP contribution in [0.1, 0.15) is 64.5 Å². The first-order valence-electron chi connectivity index (χ1n) is 16.0. The second-order valence-corrected chi connectivity index (χ2v) is 11.7. The molecule has 3 aromatic carbocycles. The zero-order chi connectivity index (χ0) is 31.6. The maximum absolute atomic E-state index is 9.25. The molecule has 0 bridgehead atoms. The first-order valence-corrected chi connectivity index (χ1v) is 16.0. The highest BCUT2D eigenvalue weighted by molar-refractivity contribution is 6.11. The molecule has 226 valence electrons. The lowest BCUT2D eigenvalue weighted by Crippen LogP contribution is -2.41. The summed E-state index contributed by atoms with van der Waals surface area (Å²) in [5, 5.41) is 15.2. The maximum atomic E-state index is 9.25. The molecule has 1 N–H and O–H groups in total. The fourth-order valence-corrected chi connectivity index (χ4v) is 5.89. The van der Waals surface area contributed by atoms with E-state index in [0.29, 0.717) is 12.0 Å². The van der Waals surface area contributed by atoms with E-state index in [1.807, 2.05) is 37.3 Å². The van der Waals surface area contributed by atoms with Crippen molar-refractivity contribution in [3.05, 3.63) is 138 Å². The van der Waals surface area contributed by atoms with E-state index in [9.17, 15) is 5.26 Å².